The van der Waals surface area contributed by atoms with Crippen LogP contribution in [0.5, 0.6) is 0 Å². The lowest BCUT2D eigenvalue weighted by atomic mass is 10.2. The Hall–Kier alpha value is -2.32. The summed E-state index contributed by atoms with van der Waals surface area (Å²) in [5, 5.41) is 9.76. The Morgan fingerprint density at radius 1 is 1.14 bits per heavy atom. The fraction of sp³-hybridized carbons (Fsp3) is 0.368. The van der Waals surface area contributed by atoms with E-state index >= 15 is 0 Å². The summed E-state index contributed by atoms with van der Waals surface area (Å²) in [5.41, 5.74) is 2.94. The molecular formula is C19H21ClN6OS. The van der Waals surface area contributed by atoms with Crippen LogP contribution in [0.15, 0.2) is 35.5 Å². The molecule has 1 aliphatic heterocycles. The van der Waals surface area contributed by atoms with Gasteiger partial charge in [0, 0.05) is 37.6 Å². The summed E-state index contributed by atoms with van der Waals surface area (Å²) < 4.78 is 1.89. The van der Waals surface area contributed by atoms with E-state index in [-0.39, 0.29) is 5.91 Å². The van der Waals surface area contributed by atoms with E-state index in [1.807, 2.05) is 53.5 Å². The first-order chi connectivity index (χ1) is 13.5. The molecule has 146 valence electrons. The van der Waals surface area contributed by atoms with Crippen LogP contribution in [-0.2, 0) is 4.79 Å². The lowest BCUT2D eigenvalue weighted by molar-refractivity contribution is -0.128. The van der Waals surface area contributed by atoms with E-state index in [1.165, 1.54) is 11.8 Å². The number of piperazine rings is 1. The number of benzene rings is 1. The highest BCUT2D eigenvalue weighted by Gasteiger charge is 2.23. The number of amides is 1. The molecule has 1 amide bonds. The Morgan fingerprint density at radius 2 is 1.89 bits per heavy atom. The number of halogens is 1. The molecule has 1 aromatic carbocycles. The van der Waals surface area contributed by atoms with Gasteiger partial charge in [-0.2, -0.15) is 0 Å². The first-order valence-electron chi connectivity index (χ1n) is 9.12. The highest BCUT2D eigenvalue weighted by molar-refractivity contribution is 7.99. The van der Waals surface area contributed by atoms with E-state index < -0.39 is 0 Å². The maximum Gasteiger partial charge on any atom is 0.256 e. The SMILES string of the molecule is Cc1cc(C)n2c(SCC(=O)N3CCN(c4ccccc4Cl)CC3)nnc2n1. The number of rotatable bonds is 4. The zero-order chi connectivity index (χ0) is 19.7. The fourth-order valence-electron chi connectivity index (χ4n) is 3.42. The van der Waals surface area contributed by atoms with Crippen LogP contribution >= 0.6 is 23.4 Å². The number of anilines is 1. The van der Waals surface area contributed by atoms with E-state index in [4.69, 9.17) is 11.6 Å². The van der Waals surface area contributed by atoms with Gasteiger partial charge in [-0.25, -0.2) is 4.98 Å². The maximum absolute atomic E-state index is 12.7. The zero-order valence-electron chi connectivity index (χ0n) is 15.8. The molecule has 4 rings (SSSR count). The predicted molar refractivity (Wildman–Crippen MR) is 111 cm³/mol. The van der Waals surface area contributed by atoms with Crippen LogP contribution in [-0.4, -0.2) is 62.3 Å². The molecule has 1 fully saturated rings. The molecule has 0 saturated carbocycles. The minimum absolute atomic E-state index is 0.110. The molecule has 0 radical (unpaired) electrons. The topological polar surface area (TPSA) is 66.6 Å². The Morgan fingerprint density at radius 3 is 2.64 bits per heavy atom. The molecule has 28 heavy (non-hydrogen) atoms. The number of thioether (sulfide) groups is 1. The van der Waals surface area contributed by atoms with Crippen LogP contribution in [0.4, 0.5) is 5.69 Å². The predicted octanol–water partition coefficient (Wildman–Crippen LogP) is 2.84. The number of hydrogen-bond donors (Lipinski definition) is 0. The Bertz CT molecular complexity index is 1010. The average Bonchev–Trinajstić information content (AvgIpc) is 3.10. The van der Waals surface area contributed by atoms with Gasteiger partial charge in [0.1, 0.15) is 0 Å². The first kappa shape index (κ1) is 19.0. The van der Waals surface area contributed by atoms with Gasteiger partial charge in [0.25, 0.3) is 5.78 Å². The summed E-state index contributed by atoms with van der Waals surface area (Å²) in [4.78, 5) is 21.2. The summed E-state index contributed by atoms with van der Waals surface area (Å²) >= 11 is 7.69. The second kappa shape index (κ2) is 7.97. The Kier molecular flexibility index (Phi) is 5.41. The smallest absolute Gasteiger partial charge is 0.256 e. The molecule has 0 aliphatic carbocycles. The quantitative estimate of drug-likeness (QED) is 0.609. The van der Waals surface area contributed by atoms with Gasteiger partial charge in [-0.1, -0.05) is 35.5 Å². The molecule has 7 nitrogen and oxygen atoms in total. The molecule has 0 atom stereocenters. The number of carbonyl (C=O) groups is 1. The van der Waals surface area contributed by atoms with E-state index in [9.17, 15) is 4.79 Å². The summed E-state index contributed by atoms with van der Waals surface area (Å²) in [6, 6.07) is 9.80. The number of aromatic nitrogens is 4. The number of carbonyl (C=O) groups excluding carboxylic acids is 1. The minimum atomic E-state index is 0.110. The maximum atomic E-state index is 12.7. The van der Waals surface area contributed by atoms with Gasteiger partial charge in [0.2, 0.25) is 5.91 Å². The number of nitrogens with zero attached hydrogens (tertiary/aromatic N) is 6. The second-order valence-electron chi connectivity index (χ2n) is 6.76. The van der Waals surface area contributed by atoms with Crippen LogP contribution in [0.25, 0.3) is 5.78 Å². The van der Waals surface area contributed by atoms with Crippen molar-refractivity contribution >= 4 is 40.7 Å². The zero-order valence-corrected chi connectivity index (χ0v) is 17.4. The molecule has 0 spiro atoms. The number of para-hydroxylation sites is 1. The summed E-state index contributed by atoms with van der Waals surface area (Å²) in [5.74, 6) is 1.01. The monoisotopic (exact) mass is 416 g/mol. The van der Waals surface area contributed by atoms with Gasteiger partial charge in [0.05, 0.1) is 16.5 Å². The van der Waals surface area contributed by atoms with Crippen molar-refractivity contribution in [3.63, 3.8) is 0 Å². The standard InChI is InChI=1S/C19H21ClN6OS/c1-13-11-14(2)26-18(21-13)22-23-19(26)28-12-17(27)25-9-7-24(8-10-25)16-6-4-3-5-15(16)20/h3-6,11H,7-10,12H2,1-2H3. The molecule has 0 N–H and O–H groups in total. The van der Waals surface area contributed by atoms with Crippen molar-refractivity contribution in [2.24, 2.45) is 0 Å². The lowest BCUT2D eigenvalue weighted by Gasteiger charge is -2.36. The summed E-state index contributed by atoms with van der Waals surface area (Å²) in [7, 11) is 0. The van der Waals surface area contributed by atoms with Gasteiger partial charge in [0.15, 0.2) is 5.16 Å². The van der Waals surface area contributed by atoms with Crippen molar-refractivity contribution in [1.82, 2.24) is 24.5 Å². The van der Waals surface area contributed by atoms with E-state index in [1.54, 1.807) is 0 Å². The second-order valence-corrected chi connectivity index (χ2v) is 8.11. The fourth-order valence-corrected chi connectivity index (χ4v) is 4.56. The van der Waals surface area contributed by atoms with Crippen LogP contribution in [0, 0.1) is 13.8 Å². The molecular weight excluding hydrogens is 396 g/mol. The van der Waals surface area contributed by atoms with E-state index in [2.05, 4.69) is 20.1 Å². The molecule has 3 aromatic rings. The van der Waals surface area contributed by atoms with Gasteiger partial charge in [-0.05, 0) is 32.0 Å². The van der Waals surface area contributed by atoms with Crippen LogP contribution in [0.3, 0.4) is 0 Å². The third kappa shape index (κ3) is 3.79. The molecule has 3 heterocycles. The van der Waals surface area contributed by atoms with Crippen LogP contribution < -0.4 is 4.90 Å². The molecule has 9 heteroatoms. The highest BCUT2D eigenvalue weighted by Crippen LogP contribution is 2.26. The molecule has 2 aromatic heterocycles. The van der Waals surface area contributed by atoms with Crippen LogP contribution in [0.1, 0.15) is 11.4 Å². The number of fused-ring (bicyclic) bond motifs is 1. The number of hydrogen-bond acceptors (Lipinski definition) is 6. The summed E-state index contributed by atoms with van der Waals surface area (Å²) in [6.45, 7) is 6.84. The van der Waals surface area contributed by atoms with Crippen molar-refractivity contribution < 1.29 is 4.79 Å². The molecule has 0 unspecified atom stereocenters. The number of aryl methyl sites for hydroxylation is 2. The normalized spacial score (nSPS) is 14.7. The molecule has 1 saturated heterocycles. The van der Waals surface area contributed by atoms with Crippen molar-refractivity contribution in [3.8, 4) is 0 Å². The lowest BCUT2D eigenvalue weighted by Crippen LogP contribution is -2.49. The first-order valence-corrected chi connectivity index (χ1v) is 10.5. The van der Waals surface area contributed by atoms with Gasteiger partial charge in [-0.15, -0.1) is 10.2 Å². The highest BCUT2D eigenvalue weighted by atomic mass is 35.5. The van der Waals surface area contributed by atoms with E-state index in [0.717, 1.165) is 35.2 Å². The van der Waals surface area contributed by atoms with Gasteiger partial charge < -0.3 is 9.80 Å². The van der Waals surface area contributed by atoms with Gasteiger partial charge >= 0.3 is 0 Å². The third-order valence-corrected chi connectivity index (χ3v) is 6.05. The summed E-state index contributed by atoms with van der Waals surface area (Å²) in [6.07, 6.45) is 0. The largest absolute Gasteiger partial charge is 0.367 e. The molecule has 0 bridgehead atoms. The van der Waals surface area contributed by atoms with Crippen LogP contribution in [0.2, 0.25) is 5.02 Å². The van der Waals surface area contributed by atoms with Crippen molar-refractivity contribution in [2.75, 3.05) is 36.8 Å². The Labute approximate surface area is 172 Å². The van der Waals surface area contributed by atoms with E-state index in [0.29, 0.717) is 29.8 Å². The average molecular weight is 417 g/mol. The van der Waals surface area contributed by atoms with Crippen molar-refractivity contribution in [3.05, 3.63) is 46.7 Å². The third-order valence-electron chi connectivity index (χ3n) is 4.81. The molecule has 1 aliphatic rings. The van der Waals surface area contributed by atoms with Gasteiger partial charge in [-0.3, -0.25) is 9.20 Å². The van der Waals surface area contributed by atoms with Crippen molar-refractivity contribution in [1.29, 1.82) is 0 Å². The minimum Gasteiger partial charge on any atom is -0.367 e. The Balaban J connectivity index is 1.36. The van der Waals surface area contributed by atoms with Crippen molar-refractivity contribution in [2.45, 2.75) is 19.0 Å².